The molecule has 2 aliphatic rings. The van der Waals surface area contributed by atoms with Gasteiger partial charge >= 0.3 is 0 Å². The standard InChI is InChI=1S/C31H35F/c1-3-5-7-23-8-10-24(11-9-23)12-14-26-16-17-30(22-31(26)32)29-19-18-27-20-25(6-4-2)13-15-28(27)21-29/h3-4,6,8-11,16-17,22,25,27-29H,1,5,7,13,15,18-21H2,2H3/b6-4+. The van der Waals surface area contributed by atoms with Gasteiger partial charge in [0.2, 0.25) is 0 Å². The first-order valence-electron chi connectivity index (χ1n) is 12.3. The summed E-state index contributed by atoms with van der Waals surface area (Å²) in [6, 6.07) is 14.0. The normalized spacial score (nSPS) is 25.1. The summed E-state index contributed by atoms with van der Waals surface area (Å²) in [5.74, 6) is 8.91. The third-order valence-corrected chi connectivity index (χ3v) is 7.52. The second-order valence-electron chi connectivity index (χ2n) is 9.64. The quantitative estimate of drug-likeness (QED) is 0.334. The van der Waals surface area contributed by atoms with E-state index in [1.165, 1.54) is 44.1 Å². The molecular formula is C31H35F. The number of hydrogen-bond acceptors (Lipinski definition) is 0. The van der Waals surface area contributed by atoms with Crippen LogP contribution in [0.1, 0.15) is 80.0 Å². The average molecular weight is 427 g/mol. The molecule has 4 unspecified atom stereocenters. The molecule has 0 spiro atoms. The Morgan fingerprint density at radius 1 is 0.969 bits per heavy atom. The molecule has 32 heavy (non-hydrogen) atoms. The van der Waals surface area contributed by atoms with Gasteiger partial charge in [0.05, 0.1) is 5.56 Å². The van der Waals surface area contributed by atoms with Crippen LogP contribution in [-0.4, -0.2) is 0 Å². The van der Waals surface area contributed by atoms with Crippen LogP contribution in [0.15, 0.2) is 67.3 Å². The van der Waals surface area contributed by atoms with Crippen molar-refractivity contribution in [3.8, 4) is 11.8 Å². The smallest absolute Gasteiger partial charge is 0.139 e. The highest BCUT2D eigenvalue weighted by Gasteiger charge is 2.35. The molecule has 4 atom stereocenters. The minimum absolute atomic E-state index is 0.184. The van der Waals surface area contributed by atoms with E-state index in [1.807, 2.05) is 24.3 Å². The largest absolute Gasteiger partial charge is 0.206 e. The van der Waals surface area contributed by atoms with Gasteiger partial charge in [-0.2, -0.15) is 0 Å². The van der Waals surface area contributed by atoms with Crippen molar-refractivity contribution in [3.63, 3.8) is 0 Å². The summed E-state index contributed by atoms with van der Waals surface area (Å²) in [7, 11) is 0. The zero-order valence-corrected chi connectivity index (χ0v) is 19.3. The lowest BCUT2D eigenvalue weighted by atomic mass is 9.64. The molecule has 2 fully saturated rings. The van der Waals surface area contributed by atoms with E-state index in [4.69, 9.17) is 0 Å². The van der Waals surface area contributed by atoms with Gasteiger partial charge in [-0.3, -0.25) is 0 Å². The number of benzene rings is 2. The van der Waals surface area contributed by atoms with E-state index in [1.54, 1.807) is 6.07 Å². The van der Waals surface area contributed by atoms with Crippen LogP contribution >= 0.6 is 0 Å². The molecule has 0 radical (unpaired) electrons. The fraction of sp³-hybridized carbons (Fsp3) is 0.419. The number of aryl methyl sites for hydroxylation is 1. The zero-order chi connectivity index (χ0) is 22.3. The van der Waals surface area contributed by atoms with E-state index in [9.17, 15) is 4.39 Å². The van der Waals surface area contributed by atoms with Crippen molar-refractivity contribution in [2.24, 2.45) is 17.8 Å². The maximum Gasteiger partial charge on any atom is 0.139 e. The molecule has 1 heteroatoms. The second kappa shape index (κ2) is 10.8. The van der Waals surface area contributed by atoms with Gasteiger partial charge in [0.15, 0.2) is 0 Å². The summed E-state index contributed by atoms with van der Waals surface area (Å²) in [6.07, 6.45) is 16.2. The van der Waals surface area contributed by atoms with E-state index < -0.39 is 0 Å². The molecule has 166 valence electrons. The minimum Gasteiger partial charge on any atom is -0.206 e. The van der Waals surface area contributed by atoms with Crippen LogP contribution in [-0.2, 0) is 6.42 Å². The predicted octanol–water partition coefficient (Wildman–Crippen LogP) is 8.22. The highest BCUT2D eigenvalue weighted by molar-refractivity contribution is 5.45. The molecule has 2 aliphatic carbocycles. The first-order valence-corrected chi connectivity index (χ1v) is 12.3. The van der Waals surface area contributed by atoms with Crippen LogP contribution in [0, 0.1) is 35.4 Å². The summed E-state index contributed by atoms with van der Waals surface area (Å²) in [5, 5.41) is 0. The fourth-order valence-corrected chi connectivity index (χ4v) is 5.72. The summed E-state index contributed by atoms with van der Waals surface area (Å²) in [5.41, 5.74) is 3.84. The van der Waals surface area contributed by atoms with Crippen molar-refractivity contribution in [1.29, 1.82) is 0 Å². The molecule has 0 saturated heterocycles. The first-order chi connectivity index (χ1) is 15.7. The van der Waals surface area contributed by atoms with E-state index >= 15 is 0 Å². The summed E-state index contributed by atoms with van der Waals surface area (Å²) >= 11 is 0. The summed E-state index contributed by atoms with van der Waals surface area (Å²) in [6.45, 7) is 5.90. The van der Waals surface area contributed by atoms with Crippen molar-refractivity contribution in [1.82, 2.24) is 0 Å². The van der Waals surface area contributed by atoms with Gasteiger partial charge in [-0.1, -0.05) is 48.3 Å². The molecule has 0 aromatic heterocycles. The van der Waals surface area contributed by atoms with Gasteiger partial charge < -0.3 is 0 Å². The Balaban J connectivity index is 1.39. The maximum absolute atomic E-state index is 14.9. The van der Waals surface area contributed by atoms with Gasteiger partial charge in [-0.25, -0.2) is 4.39 Å². The predicted molar refractivity (Wildman–Crippen MR) is 133 cm³/mol. The third-order valence-electron chi connectivity index (χ3n) is 7.52. The van der Waals surface area contributed by atoms with Crippen LogP contribution in [0.4, 0.5) is 4.39 Å². The van der Waals surface area contributed by atoms with Crippen molar-refractivity contribution in [2.75, 3.05) is 0 Å². The van der Waals surface area contributed by atoms with Crippen LogP contribution in [0.3, 0.4) is 0 Å². The number of halogens is 1. The summed E-state index contributed by atoms with van der Waals surface area (Å²) in [4.78, 5) is 0. The maximum atomic E-state index is 14.9. The molecule has 0 bridgehead atoms. The monoisotopic (exact) mass is 426 g/mol. The van der Waals surface area contributed by atoms with E-state index in [-0.39, 0.29) is 5.82 Å². The van der Waals surface area contributed by atoms with Crippen molar-refractivity contribution in [2.45, 2.75) is 64.2 Å². The topological polar surface area (TPSA) is 0 Å². The third kappa shape index (κ3) is 5.60. The Morgan fingerprint density at radius 2 is 1.75 bits per heavy atom. The number of fused-ring (bicyclic) bond motifs is 1. The SMILES string of the molecule is C=CCCc1ccc(C#Cc2ccc(C3CCC4CC(/C=C/C)CCC4C3)cc2F)cc1. The van der Waals surface area contributed by atoms with E-state index in [0.29, 0.717) is 11.5 Å². The highest BCUT2D eigenvalue weighted by Crippen LogP contribution is 2.47. The molecule has 0 heterocycles. The van der Waals surface area contributed by atoms with Crippen molar-refractivity contribution in [3.05, 3.63) is 95.3 Å². The Hall–Kier alpha value is -2.59. The Morgan fingerprint density at radius 3 is 2.50 bits per heavy atom. The summed E-state index contributed by atoms with van der Waals surface area (Å²) < 4.78 is 14.9. The number of hydrogen-bond donors (Lipinski definition) is 0. The van der Waals surface area contributed by atoms with Gasteiger partial charge in [0.1, 0.15) is 5.82 Å². The van der Waals surface area contributed by atoms with Crippen molar-refractivity contribution >= 4 is 0 Å². The Bertz CT molecular complexity index is 1000. The number of rotatable bonds is 5. The molecule has 2 aromatic carbocycles. The lowest BCUT2D eigenvalue weighted by Gasteiger charge is -2.41. The molecule has 4 rings (SSSR count). The van der Waals surface area contributed by atoms with E-state index in [0.717, 1.165) is 41.7 Å². The molecular weight excluding hydrogens is 391 g/mol. The lowest BCUT2D eigenvalue weighted by Crippen LogP contribution is -2.30. The Kier molecular flexibility index (Phi) is 7.64. The van der Waals surface area contributed by atoms with Crippen molar-refractivity contribution < 1.29 is 4.39 Å². The fourth-order valence-electron chi connectivity index (χ4n) is 5.72. The van der Waals surface area contributed by atoms with E-state index in [2.05, 4.69) is 55.7 Å². The van der Waals surface area contributed by atoms with Gasteiger partial charge in [0, 0.05) is 5.56 Å². The lowest BCUT2D eigenvalue weighted by molar-refractivity contribution is 0.133. The molecule has 2 aromatic rings. The van der Waals surface area contributed by atoms with Gasteiger partial charge in [-0.05, 0) is 117 Å². The molecule has 2 saturated carbocycles. The van der Waals surface area contributed by atoms with Gasteiger partial charge in [0.25, 0.3) is 0 Å². The van der Waals surface area contributed by atoms with Crippen LogP contribution in [0.2, 0.25) is 0 Å². The van der Waals surface area contributed by atoms with Gasteiger partial charge in [-0.15, -0.1) is 6.58 Å². The molecule has 0 N–H and O–H groups in total. The molecule has 0 aliphatic heterocycles. The van der Waals surface area contributed by atoms with Crippen LogP contribution in [0.25, 0.3) is 0 Å². The highest BCUT2D eigenvalue weighted by atomic mass is 19.1. The van der Waals surface area contributed by atoms with Crippen LogP contribution < -0.4 is 0 Å². The van der Waals surface area contributed by atoms with Crippen LogP contribution in [0.5, 0.6) is 0 Å². The Labute approximate surface area is 193 Å². The average Bonchev–Trinajstić information content (AvgIpc) is 2.82. The zero-order valence-electron chi connectivity index (χ0n) is 19.3. The minimum atomic E-state index is -0.184. The molecule has 0 nitrogen and oxygen atoms in total. The number of allylic oxidation sites excluding steroid dienone is 3. The molecule has 0 amide bonds. The second-order valence-corrected chi connectivity index (χ2v) is 9.64. The first kappa shape index (κ1) is 22.6.